The van der Waals surface area contributed by atoms with E-state index in [0.29, 0.717) is 11.6 Å². The minimum Gasteiger partial charge on any atom is -0.489 e. The summed E-state index contributed by atoms with van der Waals surface area (Å²) in [5.41, 5.74) is 10.7. The molecular formula is C22H31NOS. The lowest BCUT2D eigenvalue weighted by atomic mass is 10.1. The van der Waals surface area contributed by atoms with Crippen molar-refractivity contribution in [1.82, 2.24) is 0 Å². The Morgan fingerprint density at radius 3 is 2.20 bits per heavy atom. The Kier molecular flexibility index (Phi) is 9.86. The fourth-order valence-electron chi connectivity index (χ4n) is 2.41. The van der Waals surface area contributed by atoms with E-state index in [-0.39, 0.29) is 0 Å². The van der Waals surface area contributed by atoms with Crippen molar-refractivity contribution in [1.29, 1.82) is 0 Å². The van der Waals surface area contributed by atoms with Crippen molar-refractivity contribution in [3.63, 3.8) is 0 Å². The van der Waals surface area contributed by atoms with Gasteiger partial charge in [-0.1, -0.05) is 53.2 Å². The van der Waals surface area contributed by atoms with Crippen LogP contribution in [0.25, 0.3) is 0 Å². The van der Waals surface area contributed by atoms with Crippen LogP contribution in [-0.4, -0.2) is 11.6 Å². The fraction of sp³-hybridized carbons (Fsp3) is 0.409. The van der Waals surface area contributed by atoms with Crippen LogP contribution in [0.2, 0.25) is 0 Å². The molecule has 0 aliphatic carbocycles. The third-order valence-electron chi connectivity index (χ3n) is 3.95. The largest absolute Gasteiger partial charge is 0.489 e. The van der Waals surface area contributed by atoms with Crippen LogP contribution >= 0.6 is 12.2 Å². The average Bonchev–Trinajstić information content (AvgIpc) is 2.54. The Hall–Kier alpha value is -1.87. The lowest BCUT2D eigenvalue weighted by Crippen LogP contribution is -2.11. The molecular weight excluding hydrogens is 326 g/mol. The molecule has 0 saturated carbocycles. The lowest BCUT2D eigenvalue weighted by molar-refractivity contribution is 0.361. The van der Waals surface area contributed by atoms with Gasteiger partial charge in [0.25, 0.3) is 0 Å². The molecule has 1 rings (SSSR count). The highest BCUT2D eigenvalue weighted by Gasteiger charge is 2.04. The normalized spacial score (nSPS) is 12.0. The van der Waals surface area contributed by atoms with Gasteiger partial charge in [-0.25, -0.2) is 0 Å². The Morgan fingerprint density at radius 1 is 0.960 bits per heavy atom. The van der Waals surface area contributed by atoms with Crippen LogP contribution in [-0.2, 0) is 0 Å². The van der Waals surface area contributed by atoms with E-state index in [0.717, 1.165) is 37.0 Å². The molecule has 0 atom stereocenters. The van der Waals surface area contributed by atoms with Gasteiger partial charge in [0.2, 0.25) is 0 Å². The minimum atomic E-state index is 0.366. The van der Waals surface area contributed by atoms with Gasteiger partial charge in [-0.3, -0.25) is 0 Å². The second kappa shape index (κ2) is 11.6. The van der Waals surface area contributed by atoms with Crippen LogP contribution in [0.1, 0.15) is 58.9 Å². The third-order valence-corrected chi connectivity index (χ3v) is 4.17. The second-order valence-electron chi connectivity index (χ2n) is 6.63. The van der Waals surface area contributed by atoms with Crippen molar-refractivity contribution >= 4 is 17.2 Å². The summed E-state index contributed by atoms with van der Waals surface area (Å²) in [5.74, 6) is 0.745. The molecule has 2 N–H and O–H groups in total. The van der Waals surface area contributed by atoms with E-state index in [2.05, 4.69) is 45.9 Å². The molecule has 2 nitrogen and oxygen atoms in total. The number of ether oxygens (including phenoxy) is 1. The highest BCUT2D eigenvalue weighted by Crippen LogP contribution is 2.18. The van der Waals surface area contributed by atoms with Gasteiger partial charge in [-0.05, 0) is 71.6 Å². The predicted molar refractivity (Wildman–Crippen MR) is 113 cm³/mol. The maximum Gasteiger partial charge on any atom is 0.129 e. The molecule has 0 aliphatic rings. The lowest BCUT2D eigenvalue weighted by Gasteiger charge is -2.09. The van der Waals surface area contributed by atoms with E-state index in [1.54, 1.807) is 0 Å². The molecule has 0 saturated heterocycles. The van der Waals surface area contributed by atoms with Crippen molar-refractivity contribution in [2.45, 2.75) is 53.4 Å². The summed E-state index contributed by atoms with van der Waals surface area (Å²) < 4.78 is 5.81. The standard InChI is InChI=1S/C22H31NOS/c1-17(2)9-7-10-18(3)11-8-12-19(4)15-16-24-21-14-6-5-13-20(21)22(23)25/h5-6,9,11,13-15H,7-8,10,12,16H2,1-4H3,(H2,23,25)/b18-11+,19-15+. The van der Waals surface area contributed by atoms with Gasteiger partial charge >= 0.3 is 0 Å². The zero-order valence-corrected chi connectivity index (χ0v) is 16.8. The summed E-state index contributed by atoms with van der Waals surface area (Å²) in [5, 5.41) is 0. The SMILES string of the molecule is CC(C)=CCC/C(C)=C/CC/C(C)=C/COc1ccccc1C(N)=S. The van der Waals surface area contributed by atoms with Crippen LogP contribution in [0.4, 0.5) is 0 Å². The van der Waals surface area contributed by atoms with E-state index >= 15 is 0 Å². The molecule has 0 amide bonds. The zero-order chi connectivity index (χ0) is 18.7. The quantitative estimate of drug-likeness (QED) is 0.405. The number of para-hydroxylation sites is 1. The molecule has 136 valence electrons. The van der Waals surface area contributed by atoms with Crippen LogP contribution < -0.4 is 10.5 Å². The van der Waals surface area contributed by atoms with Crippen LogP contribution in [0.15, 0.2) is 59.2 Å². The maximum atomic E-state index is 5.81. The van der Waals surface area contributed by atoms with E-state index in [1.165, 1.54) is 16.7 Å². The summed E-state index contributed by atoms with van der Waals surface area (Å²) in [6, 6.07) is 7.62. The van der Waals surface area contributed by atoms with Gasteiger partial charge < -0.3 is 10.5 Å². The smallest absolute Gasteiger partial charge is 0.129 e. The van der Waals surface area contributed by atoms with Crippen molar-refractivity contribution < 1.29 is 4.74 Å². The molecule has 3 heteroatoms. The second-order valence-corrected chi connectivity index (χ2v) is 7.07. The van der Waals surface area contributed by atoms with Crippen LogP contribution in [0, 0.1) is 0 Å². The highest BCUT2D eigenvalue weighted by atomic mass is 32.1. The molecule has 1 aromatic carbocycles. The summed E-state index contributed by atoms with van der Waals surface area (Å²) in [7, 11) is 0. The van der Waals surface area contributed by atoms with Crippen LogP contribution in [0.3, 0.4) is 0 Å². The predicted octanol–water partition coefficient (Wildman–Crippen LogP) is 6.12. The Morgan fingerprint density at radius 2 is 1.56 bits per heavy atom. The van der Waals surface area contributed by atoms with Gasteiger partial charge in [0.05, 0.1) is 5.56 Å². The Labute approximate surface area is 158 Å². The number of hydrogen-bond acceptors (Lipinski definition) is 2. The Bertz CT molecular complexity index is 652. The first kappa shape index (κ1) is 21.2. The summed E-state index contributed by atoms with van der Waals surface area (Å²) in [4.78, 5) is 0.366. The first-order valence-corrected chi connectivity index (χ1v) is 9.27. The van der Waals surface area contributed by atoms with Gasteiger partial charge in [0.15, 0.2) is 0 Å². The monoisotopic (exact) mass is 357 g/mol. The number of hydrogen-bond donors (Lipinski definition) is 1. The topological polar surface area (TPSA) is 35.2 Å². The molecule has 0 bridgehead atoms. The van der Waals surface area contributed by atoms with E-state index in [1.807, 2.05) is 24.3 Å². The van der Waals surface area contributed by atoms with E-state index < -0.39 is 0 Å². The molecule has 1 aromatic rings. The van der Waals surface area contributed by atoms with Crippen molar-refractivity contribution in [2.75, 3.05) is 6.61 Å². The molecule has 25 heavy (non-hydrogen) atoms. The first-order chi connectivity index (χ1) is 11.9. The molecule has 0 spiro atoms. The highest BCUT2D eigenvalue weighted by molar-refractivity contribution is 7.80. The van der Waals surface area contributed by atoms with Crippen molar-refractivity contribution in [3.8, 4) is 5.75 Å². The maximum absolute atomic E-state index is 5.81. The molecule has 0 fully saturated rings. The fourth-order valence-corrected chi connectivity index (χ4v) is 2.58. The zero-order valence-electron chi connectivity index (χ0n) is 16.0. The molecule has 0 unspecified atom stereocenters. The van der Waals surface area contributed by atoms with Gasteiger partial charge in [0, 0.05) is 0 Å². The molecule has 0 radical (unpaired) electrons. The van der Waals surface area contributed by atoms with Crippen molar-refractivity contribution in [2.24, 2.45) is 5.73 Å². The Balaban J connectivity index is 2.39. The van der Waals surface area contributed by atoms with E-state index in [4.69, 9.17) is 22.7 Å². The summed E-state index contributed by atoms with van der Waals surface area (Å²) in [6.07, 6.45) is 11.2. The van der Waals surface area contributed by atoms with Gasteiger partial charge in [0.1, 0.15) is 17.3 Å². The van der Waals surface area contributed by atoms with Gasteiger partial charge in [-0.2, -0.15) is 0 Å². The molecule has 0 heterocycles. The van der Waals surface area contributed by atoms with Crippen molar-refractivity contribution in [3.05, 3.63) is 64.8 Å². The average molecular weight is 358 g/mol. The molecule has 0 aromatic heterocycles. The van der Waals surface area contributed by atoms with Crippen LogP contribution in [0.5, 0.6) is 5.75 Å². The third kappa shape index (κ3) is 9.25. The number of thiocarbonyl (C=S) groups is 1. The summed E-state index contributed by atoms with van der Waals surface area (Å²) in [6.45, 7) is 9.20. The number of allylic oxidation sites excluding steroid dienone is 5. The number of nitrogens with two attached hydrogens (primary N) is 1. The minimum absolute atomic E-state index is 0.366. The van der Waals surface area contributed by atoms with E-state index in [9.17, 15) is 0 Å². The molecule has 0 aliphatic heterocycles. The van der Waals surface area contributed by atoms with Gasteiger partial charge in [-0.15, -0.1) is 0 Å². The first-order valence-electron chi connectivity index (χ1n) is 8.86. The number of benzene rings is 1. The number of rotatable bonds is 10. The summed E-state index contributed by atoms with van der Waals surface area (Å²) >= 11 is 5.05.